The molecular formula is C16H21N5O2. The molecule has 0 saturated carbocycles. The summed E-state index contributed by atoms with van der Waals surface area (Å²) in [5.74, 6) is 0. The van der Waals surface area contributed by atoms with Crippen molar-refractivity contribution in [3.63, 3.8) is 0 Å². The maximum Gasteiger partial charge on any atom is 0.407 e. The van der Waals surface area contributed by atoms with E-state index in [2.05, 4.69) is 16.4 Å². The van der Waals surface area contributed by atoms with Crippen LogP contribution in [0, 0.1) is 11.3 Å². The quantitative estimate of drug-likeness (QED) is 0.900. The minimum absolute atomic E-state index is 0.257. The topological polar surface area (TPSA) is 105 Å². The molecule has 23 heavy (non-hydrogen) atoms. The van der Waals surface area contributed by atoms with E-state index in [0.717, 1.165) is 11.2 Å². The molecule has 2 heterocycles. The first-order valence-corrected chi connectivity index (χ1v) is 7.35. The Bertz CT molecular complexity index is 739. The molecule has 0 bridgehead atoms. The van der Waals surface area contributed by atoms with Crippen LogP contribution in [0.1, 0.15) is 44.5 Å². The number of rotatable bonds is 4. The number of amides is 1. The van der Waals surface area contributed by atoms with Crippen molar-refractivity contribution < 1.29 is 9.53 Å². The molecule has 7 nitrogen and oxygen atoms in total. The van der Waals surface area contributed by atoms with Crippen LogP contribution in [0.15, 0.2) is 24.5 Å². The number of imidazole rings is 1. The number of hydrogen-bond donors (Lipinski definition) is 2. The Labute approximate surface area is 135 Å². The van der Waals surface area contributed by atoms with Gasteiger partial charge in [-0.25, -0.2) is 9.78 Å². The number of carbonyl (C=O) groups is 1. The fourth-order valence-electron chi connectivity index (χ4n) is 2.06. The smallest absolute Gasteiger partial charge is 0.407 e. The third-order valence-corrected chi connectivity index (χ3v) is 3.08. The van der Waals surface area contributed by atoms with Gasteiger partial charge in [0.2, 0.25) is 0 Å². The summed E-state index contributed by atoms with van der Waals surface area (Å²) in [7, 11) is 0. The Hall–Kier alpha value is -2.59. The highest BCUT2D eigenvalue weighted by atomic mass is 16.6. The Balaban J connectivity index is 2.06. The average Bonchev–Trinajstić information content (AvgIpc) is 2.85. The lowest BCUT2D eigenvalue weighted by atomic mass is 10.1. The molecule has 1 amide bonds. The molecule has 0 aliphatic carbocycles. The summed E-state index contributed by atoms with van der Waals surface area (Å²) >= 11 is 0. The molecule has 3 N–H and O–H groups in total. The SMILES string of the molecule is CC(C)(C)OC(=O)NCc1cn2cc(C(N)CC#N)ccc2n1. The molecule has 0 aromatic carbocycles. The minimum Gasteiger partial charge on any atom is -0.444 e. The maximum absolute atomic E-state index is 11.6. The van der Waals surface area contributed by atoms with Crippen molar-refractivity contribution in [1.82, 2.24) is 14.7 Å². The van der Waals surface area contributed by atoms with Gasteiger partial charge in [-0.2, -0.15) is 5.26 Å². The van der Waals surface area contributed by atoms with Crippen LogP contribution in [-0.2, 0) is 11.3 Å². The van der Waals surface area contributed by atoms with Gasteiger partial charge in [0.25, 0.3) is 0 Å². The van der Waals surface area contributed by atoms with Crippen molar-refractivity contribution in [3.8, 4) is 6.07 Å². The van der Waals surface area contributed by atoms with E-state index in [0.29, 0.717) is 5.69 Å². The lowest BCUT2D eigenvalue weighted by Gasteiger charge is -2.19. The Kier molecular flexibility index (Phi) is 4.86. The van der Waals surface area contributed by atoms with E-state index in [9.17, 15) is 4.79 Å². The number of nitrogens with one attached hydrogen (secondary N) is 1. The summed E-state index contributed by atoms with van der Waals surface area (Å²) in [6.45, 7) is 5.70. The molecule has 2 aromatic rings. The zero-order chi connectivity index (χ0) is 17.0. The monoisotopic (exact) mass is 315 g/mol. The van der Waals surface area contributed by atoms with Crippen LogP contribution in [0.2, 0.25) is 0 Å². The molecule has 2 rings (SSSR count). The molecule has 2 aromatic heterocycles. The van der Waals surface area contributed by atoms with Crippen molar-refractivity contribution in [2.24, 2.45) is 5.73 Å². The van der Waals surface area contributed by atoms with Crippen LogP contribution in [0.25, 0.3) is 5.65 Å². The lowest BCUT2D eigenvalue weighted by molar-refractivity contribution is 0.0523. The molecule has 1 unspecified atom stereocenters. The minimum atomic E-state index is -0.533. The normalized spacial score (nSPS) is 12.7. The van der Waals surface area contributed by atoms with Gasteiger partial charge in [0.05, 0.1) is 24.7 Å². The lowest BCUT2D eigenvalue weighted by Crippen LogP contribution is -2.32. The number of fused-ring (bicyclic) bond motifs is 1. The Morgan fingerprint density at radius 2 is 2.22 bits per heavy atom. The van der Waals surface area contributed by atoms with Crippen LogP contribution in [0.5, 0.6) is 0 Å². The first-order chi connectivity index (χ1) is 10.8. The number of nitrogens with two attached hydrogens (primary N) is 1. The standard InChI is InChI=1S/C16H21N5O2/c1-16(2,3)23-15(22)19-8-12-10-21-9-11(13(18)6-7-17)4-5-14(21)20-12/h4-5,9-10,13H,6,8,18H2,1-3H3,(H,19,22). The third kappa shape index (κ3) is 4.69. The van der Waals surface area contributed by atoms with Gasteiger partial charge < -0.3 is 20.2 Å². The van der Waals surface area contributed by atoms with E-state index >= 15 is 0 Å². The zero-order valence-electron chi connectivity index (χ0n) is 13.5. The van der Waals surface area contributed by atoms with E-state index in [-0.39, 0.29) is 19.0 Å². The van der Waals surface area contributed by atoms with Crippen LogP contribution < -0.4 is 11.1 Å². The summed E-state index contributed by atoms with van der Waals surface area (Å²) in [6, 6.07) is 5.43. The number of alkyl carbamates (subject to hydrolysis) is 1. The molecule has 0 aliphatic heterocycles. The molecule has 1 atom stereocenters. The van der Waals surface area contributed by atoms with Gasteiger partial charge in [0.15, 0.2) is 0 Å². The molecule has 7 heteroatoms. The van der Waals surface area contributed by atoms with E-state index in [4.69, 9.17) is 15.7 Å². The number of pyridine rings is 1. The van der Waals surface area contributed by atoms with Gasteiger partial charge in [-0.3, -0.25) is 0 Å². The molecule has 0 spiro atoms. The first-order valence-electron chi connectivity index (χ1n) is 7.35. The number of hydrogen-bond acceptors (Lipinski definition) is 5. The van der Waals surface area contributed by atoms with Crippen molar-refractivity contribution in [2.75, 3.05) is 0 Å². The zero-order valence-corrected chi connectivity index (χ0v) is 13.5. The molecule has 0 aliphatic rings. The third-order valence-electron chi connectivity index (χ3n) is 3.08. The van der Waals surface area contributed by atoms with Gasteiger partial charge in [-0.05, 0) is 32.4 Å². The number of nitrogens with zero attached hydrogens (tertiary/aromatic N) is 3. The Morgan fingerprint density at radius 3 is 2.87 bits per heavy atom. The van der Waals surface area contributed by atoms with E-state index in [1.165, 1.54) is 0 Å². The highest BCUT2D eigenvalue weighted by molar-refractivity contribution is 5.67. The summed E-state index contributed by atoms with van der Waals surface area (Å²) < 4.78 is 7.01. The largest absolute Gasteiger partial charge is 0.444 e. The van der Waals surface area contributed by atoms with E-state index in [1.54, 1.807) is 0 Å². The van der Waals surface area contributed by atoms with Gasteiger partial charge in [-0.1, -0.05) is 6.07 Å². The van der Waals surface area contributed by atoms with E-state index < -0.39 is 11.7 Å². The summed E-state index contributed by atoms with van der Waals surface area (Å²) in [5.41, 5.74) is 7.72. The summed E-state index contributed by atoms with van der Waals surface area (Å²) in [5, 5.41) is 11.4. The van der Waals surface area contributed by atoms with E-state index in [1.807, 2.05) is 49.7 Å². The van der Waals surface area contributed by atoms with Crippen LogP contribution in [0.4, 0.5) is 4.79 Å². The van der Waals surface area contributed by atoms with Gasteiger partial charge in [0.1, 0.15) is 11.2 Å². The molecule has 122 valence electrons. The van der Waals surface area contributed by atoms with Crippen LogP contribution in [0.3, 0.4) is 0 Å². The predicted octanol–water partition coefficient (Wildman–Crippen LogP) is 2.27. The average molecular weight is 315 g/mol. The second-order valence-corrected chi connectivity index (χ2v) is 6.28. The second-order valence-electron chi connectivity index (χ2n) is 6.28. The Morgan fingerprint density at radius 1 is 1.48 bits per heavy atom. The molecular weight excluding hydrogens is 294 g/mol. The highest BCUT2D eigenvalue weighted by Crippen LogP contribution is 2.15. The summed E-state index contributed by atoms with van der Waals surface area (Å²) in [4.78, 5) is 16.1. The van der Waals surface area contributed by atoms with Crippen molar-refractivity contribution >= 4 is 11.7 Å². The van der Waals surface area contributed by atoms with Gasteiger partial charge in [-0.15, -0.1) is 0 Å². The first kappa shape index (κ1) is 16.8. The summed E-state index contributed by atoms with van der Waals surface area (Å²) in [6.07, 6.45) is 3.44. The number of aromatic nitrogens is 2. The molecule has 0 saturated heterocycles. The van der Waals surface area contributed by atoms with Crippen molar-refractivity contribution in [1.29, 1.82) is 5.26 Å². The number of ether oxygens (including phenoxy) is 1. The van der Waals surface area contributed by atoms with Crippen LogP contribution >= 0.6 is 0 Å². The highest BCUT2D eigenvalue weighted by Gasteiger charge is 2.16. The fourth-order valence-corrected chi connectivity index (χ4v) is 2.06. The number of carbonyl (C=O) groups excluding carboxylic acids is 1. The van der Waals surface area contributed by atoms with Gasteiger partial charge in [0, 0.05) is 18.4 Å². The van der Waals surface area contributed by atoms with Crippen molar-refractivity contribution in [2.45, 2.75) is 45.4 Å². The van der Waals surface area contributed by atoms with Gasteiger partial charge >= 0.3 is 6.09 Å². The number of nitriles is 1. The molecule has 0 radical (unpaired) electrons. The van der Waals surface area contributed by atoms with Crippen molar-refractivity contribution in [3.05, 3.63) is 35.8 Å². The molecule has 0 fully saturated rings. The predicted molar refractivity (Wildman–Crippen MR) is 85.4 cm³/mol. The maximum atomic E-state index is 11.6. The second kappa shape index (κ2) is 6.67. The van der Waals surface area contributed by atoms with Crippen LogP contribution in [-0.4, -0.2) is 21.1 Å². The fraction of sp³-hybridized carbons (Fsp3) is 0.438.